The molecular formula is C14H26N2O. The molecule has 0 aromatic carbocycles. The van der Waals surface area contributed by atoms with Gasteiger partial charge in [-0.15, -0.1) is 0 Å². The van der Waals surface area contributed by atoms with Crippen LogP contribution in [0.2, 0.25) is 0 Å². The Morgan fingerprint density at radius 1 is 1.24 bits per heavy atom. The van der Waals surface area contributed by atoms with Gasteiger partial charge < -0.3 is 9.73 Å². The predicted octanol–water partition coefficient (Wildman–Crippen LogP) is 3.01. The van der Waals surface area contributed by atoms with Gasteiger partial charge in [-0.05, 0) is 45.5 Å². The minimum Gasteiger partial charge on any atom is -0.463 e. The Bertz CT molecular complexity index is 307. The van der Waals surface area contributed by atoms with E-state index in [1.807, 2.05) is 0 Å². The summed E-state index contributed by atoms with van der Waals surface area (Å²) in [6.07, 6.45) is 1.16. The van der Waals surface area contributed by atoms with E-state index in [-0.39, 0.29) is 0 Å². The van der Waals surface area contributed by atoms with E-state index >= 15 is 0 Å². The van der Waals surface area contributed by atoms with E-state index in [9.17, 15) is 0 Å². The Labute approximate surface area is 105 Å². The first-order valence-electron chi connectivity index (χ1n) is 6.69. The lowest BCUT2D eigenvalue weighted by Crippen LogP contribution is -2.29. The molecule has 0 saturated carbocycles. The van der Waals surface area contributed by atoms with Crippen LogP contribution in [0.3, 0.4) is 0 Å². The molecule has 0 atom stereocenters. The summed E-state index contributed by atoms with van der Waals surface area (Å²) in [6.45, 7) is 12.6. The lowest BCUT2D eigenvalue weighted by molar-refractivity contribution is 0.205. The van der Waals surface area contributed by atoms with Crippen LogP contribution in [0.15, 0.2) is 16.5 Å². The molecular weight excluding hydrogens is 212 g/mol. The van der Waals surface area contributed by atoms with Gasteiger partial charge in [-0.2, -0.15) is 0 Å². The smallest absolute Gasteiger partial charge is 0.118 e. The van der Waals surface area contributed by atoms with Crippen LogP contribution in [0.4, 0.5) is 0 Å². The zero-order valence-corrected chi connectivity index (χ0v) is 11.6. The second-order valence-corrected chi connectivity index (χ2v) is 4.70. The van der Waals surface area contributed by atoms with Crippen molar-refractivity contribution in [1.82, 2.24) is 10.2 Å². The van der Waals surface area contributed by atoms with Crippen LogP contribution >= 0.6 is 0 Å². The van der Waals surface area contributed by atoms with Crippen LogP contribution < -0.4 is 5.32 Å². The summed E-state index contributed by atoms with van der Waals surface area (Å²) in [7, 11) is 0. The van der Waals surface area contributed by atoms with Gasteiger partial charge in [0.2, 0.25) is 0 Å². The lowest BCUT2D eigenvalue weighted by Gasteiger charge is -2.23. The van der Waals surface area contributed by atoms with Crippen LogP contribution in [0.25, 0.3) is 0 Å². The normalized spacial score (nSPS) is 11.6. The van der Waals surface area contributed by atoms with Crippen LogP contribution in [-0.4, -0.2) is 24.0 Å². The standard InChI is InChI=1S/C14H26N2O/c1-5-9-15-10-13-7-8-14(17-13)11-16(6-2)12(3)4/h7-8,12,15H,5-6,9-11H2,1-4H3. The van der Waals surface area contributed by atoms with Gasteiger partial charge in [0, 0.05) is 6.04 Å². The molecule has 1 N–H and O–H groups in total. The van der Waals surface area contributed by atoms with Crippen molar-refractivity contribution < 1.29 is 4.42 Å². The zero-order chi connectivity index (χ0) is 12.7. The van der Waals surface area contributed by atoms with Crippen molar-refractivity contribution in [2.75, 3.05) is 13.1 Å². The van der Waals surface area contributed by atoms with E-state index in [0.717, 1.165) is 44.1 Å². The average Bonchev–Trinajstić information content (AvgIpc) is 2.74. The average molecular weight is 238 g/mol. The van der Waals surface area contributed by atoms with E-state index in [4.69, 9.17) is 4.42 Å². The summed E-state index contributed by atoms with van der Waals surface area (Å²) in [5.74, 6) is 2.10. The highest BCUT2D eigenvalue weighted by Crippen LogP contribution is 2.12. The summed E-state index contributed by atoms with van der Waals surface area (Å²) in [5.41, 5.74) is 0. The predicted molar refractivity (Wildman–Crippen MR) is 71.9 cm³/mol. The summed E-state index contributed by atoms with van der Waals surface area (Å²) >= 11 is 0. The van der Waals surface area contributed by atoms with E-state index in [1.165, 1.54) is 0 Å². The van der Waals surface area contributed by atoms with Gasteiger partial charge >= 0.3 is 0 Å². The fraction of sp³-hybridized carbons (Fsp3) is 0.714. The van der Waals surface area contributed by atoms with Crippen molar-refractivity contribution >= 4 is 0 Å². The van der Waals surface area contributed by atoms with Crippen molar-refractivity contribution in [2.45, 2.75) is 53.2 Å². The third-order valence-corrected chi connectivity index (χ3v) is 2.94. The van der Waals surface area contributed by atoms with Crippen molar-refractivity contribution in [3.05, 3.63) is 23.7 Å². The lowest BCUT2D eigenvalue weighted by atomic mass is 10.3. The van der Waals surface area contributed by atoms with Gasteiger partial charge in [-0.3, -0.25) is 4.90 Å². The minimum absolute atomic E-state index is 0.562. The number of rotatable bonds is 8. The van der Waals surface area contributed by atoms with Gasteiger partial charge in [0.05, 0.1) is 13.1 Å². The Morgan fingerprint density at radius 3 is 2.53 bits per heavy atom. The highest BCUT2D eigenvalue weighted by atomic mass is 16.3. The molecule has 3 heteroatoms. The monoisotopic (exact) mass is 238 g/mol. The highest BCUT2D eigenvalue weighted by Gasteiger charge is 2.10. The van der Waals surface area contributed by atoms with Gasteiger partial charge in [0.25, 0.3) is 0 Å². The van der Waals surface area contributed by atoms with Crippen molar-refractivity contribution in [2.24, 2.45) is 0 Å². The fourth-order valence-corrected chi connectivity index (χ4v) is 1.85. The first kappa shape index (κ1) is 14.3. The summed E-state index contributed by atoms with van der Waals surface area (Å²) < 4.78 is 5.81. The van der Waals surface area contributed by atoms with E-state index in [0.29, 0.717) is 6.04 Å². The number of nitrogens with one attached hydrogen (secondary N) is 1. The Kier molecular flexibility index (Phi) is 6.30. The van der Waals surface area contributed by atoms with E-state index in [1.54, 1.807) is 0 Å². The number of nitrogens with zero attached hydrogens (tertiary/aromatic N) is 1. The van der Waals surface area contributed by atoms with Crippen molar-refractivity contribution in [1.29, 1.82) is 0 Å². The molecule has 0 saturated heterocycles. The molecule has 0 amide bonds. The first-order chi connectivity index (χ1) is 8.17. The molecule has 17 heavy (non-hydrogen) atoms. The summed E-state index contributed by atoms with van der Waals surface area (Å²) in [4.78, 5) is 2.39. The molecule has 0 unspecified atom stereocenters. The first-order valence-corrected chi connectivity index (χ1v) is 6.69. The number of hydrogen-bond acceptors (Lipinski definition) is 3. The van der Waals surface area contributed by atoms with Crippen molar-refractivity contribution in [3.63, 3.8) is 0 Å². The quantitative estimate of drug-likeness (QED) is 0.706. The maximum absolute atomic E-state index is 5.81. The summed E-state index contributed by atoms with van der Waals surface area (Å²) in [5, 5.41) is 3.35. The molecule has 0 fully saturated rings. The van der Waals surface area contributed by atoms with E-state index in [2.05, 4.69) is 50.0 Å². The third kappa shape index (κ3) is 4.92. The Balaban J connectivity index is 2.44. The van der Waals surface area contributed by atoms with E-state index < -0.39 is 0 Å². The van der Waals surface area contributed by atoms with Gasteiger partial charge in [-0.25, -0.2) is 0 Å². The molecule has 1 heterocycles. The summed E-state index contributed by atoms with van der Waals surface area (Å²) in [6, 6.07) is 4.73. The largest absolute Gasteiger partial charge is 0.463 e. The highest BCUT2D eigenvalue weighted by molar-refractivity contribution is 5.07. The molecule has 0 aliphatic heterocycles. The molecule has 1 aromatic rings. The van der Waals surface area contributed by atoms with Crippen LogP contribution in [-0.2, 0) is 13.1 Å². The molecule has 0 aliphatic rings. The molecule has 1 rings (SSSR count). The SMILES string of the molecule is CCCNCc1ccc(CN(CC)C(C)C)o1. The van der Waals surface area contributed by atoms with Crippen LogP contribution in [0.1, 0.15) is 45.6 Å². The van der Waals surface area contributed by atoms with Crippen LogP contribution in [0.5, 0.6) is 0 Å². The molecule has 0 radical (unpaired) electrons. The van der Waals surface area contributed by atoms with Gasteiger partial charge in [0.1, 0.15) is 11.5 Å². The van der Waals surface area contributed by atoms with Crippen LogP contribution in [0, 0.1) is 0 Å². The second-order valence-electron chi connectivity index (χ2n) is 4.70. The molecule has 0 aliphatic carbocycles. The maximum Gasteiger partial charge on any atom is 0.118 e. The van der Waals surface area contributed by atoms with Crippen molar-refractivity contribution in [3.8, 4) is 0 Å². The number of furan rings is 1. The van der Waals surface area contributed by atoms with Gasteiger partial charge in [0.15, 0.2) is 0 Å². The zero-order valence-electron chi connectivity index (χ0n) is 11.6. The second kappa shape index (κ2) is 7.51. The Hall–Kier alpha value is -0.800. The minimum atomic E-state index is 0.562. The third-order valence-electron chi connectivity index (χ3n) is 2.94. The Morgan fingerprint density at radius 2 is 1.94 bits per heavy atom. The molecule has 3 nitrogen and oxygen atoms in total. The number of hydrogen-bond donors (Lipinski definition) is 1. The fourth-order valence-electron chi connectivity index (χ4n) is 1.85. The topological polar surface area (TPSA) is 28.4 Å². The van der Waals surface area contributed by atoms with Gasteiger partial charge in [-0.1, -0.05) is 13.8 Å². The molecule has 1 aromatic heterocycles. The maximum atomic E-state index is 5.81. The molecule has 0 spiro atoms. The molecule has 98 valence electrons. The molecule has 0 bridgehead atoms.